The van der Waals surface area contributed by atoms with Crippen LogP contribution in [0.15, 0.2) is 283 Å². The standard InChI is InChI=1S/C20H19N5.C17H17N5.2C16H15N5.2C15H14N6/c1-3-14(19-21-7-8-22-19)4-2-13(1)17-11-15-5-6-16(12-18(15)25-17)20-23-9-10-24-20;1-9-13-7-6-12(17(20)21)8-14(13)22-15(9)10-2-4-11(5-3-10)16(18)19;17-15(18)10-3-1-9(2-4-10)14-8-12-7-11(16(19)20)5-6-13(12)21-14;17-15(18)10-3-1-9(2-4-10)13-7-11-5-6-12(16(19)20)8-14(11)21-13;2*16-13(17)8-1-3-9(4-2-8)15-20-11-6-5-10(14(18)19)7-12(11)21-15/h1-6,11-12,25H,7-10H2,(H,21,22)(H,23,24);2-8,22H,1H3,(H3,18,19)(H3,20,21);2*1-8,21H,(H3,17,18)(H3,19,20);2*1-7H,(H3,16,17)(H3,18,19)(H,20,21). The van der Waals surface area contributed by atoms with Gasteiger partial charge in [0, 0.05) is 157 Å². The van der Waals surface area contributed by atoms with Crippen LogP contribution >= 0.6 is 0 Å². The molecule has 6 aromatic heterocycles. The van der Waals surface area contributed by atoms with Crippen molar-refractivity contribution in [2.24, 2.45) is 67.3 Å². The Hall–Kier alpha value is -18.6. The molecule has 12 aromatic carbocycles. The molecule has 32 heteroatoms. The SMILES string of the molecule is Cc1c(-c2ccc(C(=N)N)cc2)[nH]c2cc(C(=N)N)ccc12.N=C(N)c1ccc(-c2cc3cc(C(=N)N)ccc3[nH]2)cc1.N=C(N)c1ccc(-c2cc3ccc(C(=N)N)cc3[nH]2)cc1.N=C(N)c1ccc(-c2nc3ccc(C(=N)N)cc3[nH]2)cc1.N=C(N)c1ccc(-c2nc3ccc(C(=N)N)cc3[nH]2)cc1.c1cc(-c2cc3ccc(C4=NCCN4)cc3[nH]2)ccc1C1=NCCN1. The predicted molar refractivity (Wildman–Crippen MR) is 532 cm³/mol. The number of fused-ring (bicyclic) bond motifs is 6. The molecule has 0 unspecified atom stereocenters. The number of hydrogen-bond donors (Lipinski definition) is 28. The van der Waals surface area contributed by atoms with Crippen molar-refractivity contribution < 1.29 is 0 Å². The number of rotatable bonds is 18. The Morgan fingerprint density at radius 1 is 0.244 bits per heavy atom. The zero-order valence-electron chi connectivity index (χ0n) is 70.9. The van der Waals surface area contributed by atoms with Crippen LogP contribution in [0.1, 0.15) is 72.3 Å². The van der Waals surface area contributed by atoms with E-state index in [9.17, 15) is 0 Å². The highest BCUT2D eigenvalue weighted by molar-refractivity contribution is 6.07. The maximum atomic E-state index is 7.53. The van der Waals surface area contributed by atoms with Crippen LogP contribution < -0.4 is 68.0 Å². The molecule has 2 aliphatic rings. The molecule has 0 fully saturated rings. The number of nitrogen functional groups attached to an aromatic ring is 10. The summed E-state index contributed by atoms with van der Waals surface area (Å²) in [6, 6.07) is 86.2. The predicted octanol–water partition coefficient (Wildman–Crippen LogP) is 13.6. The molecule has 650 valence electrons. The van der Waals surface area contributed by atoms with Gasteiger partial charge in [0.1, 0.15) is 81.7 Å². The first-order chi connectivity index (χ1) is 63.0. The second kappa shape index (κ2) is 37.8. The smallest absolute Gasteiger partial charge is 0.138 e. The lowest BCUT2D eigenvalue weighted by molar-refractivity contribution is 0.960. The van der Waals surface area contributed by atoms with Gasteiger partial charge >= 0.3 is 0 Å². The molecule has 32 nitrogen and oxygen atoms in total. The summed E-state index contributed by atoms with van der Waals surface area (Å²) in [6.07, 6.45) is 0. The number of amidine groups is 12. The first kappa shape index (κ1) is 87.3. The molecule has 131 heavy (non-hydrogen) atoms. The second-order valence-electron chi connectivity index (χ2n) is 30.9. The van der Waals surface area contributed by atoms with E-state index in [2.05, 4.69) is 116 Å². The van der Waals surface area contributed by atoms with E-state index < -0.39 is 0 Å². The van der Waals surface area contributed by atoms with E-state index in [-0.39, 0.29) is 58.4 Å². The lowest BCUT2D eigenvalue weighted by Gasteiger charge is -2.04. The molecule has 18 aromatic rings. The Labute approximate surface area is 749 Å². The Kier molecular flexibility index (Phi) is 25.2. The molecule has 0 aliphatic carbocycles. The van der Waals surface area contributed by atoms with Crippen LogP contribution in [0.5, 0.6) is 0 Å². The van der Waals surface area contributed by atoms with Crippen molar-refractivity contribution in [2.45, 2.75) is 6.92 Å². The number of benzene rings is 12. The van der Waals surface area contributed by atoms with Gasteiger partial charge in [-0.3, -0.25) is 64.1 Å². The fraction of sp³-hybridized carbons (Fsp3) is 0.0505. The van der Waals surface area contributed by atoms with Crippen LogP contribution in [0.3, 0.4) is 0 Å². The van der Waals surface area contributed by atoms with E-state index in [1.165, 1.54) is 10.9 Å². The van der Waals surface area contributed by atoms with Gasteiger partial charge in [-0.05, 0) is 126 Å². The van der Waals surface area contributed by atoms with E-state index in [1.807, 2.05) is 176 Å². The van der Waals surface area contributed by atoms with Gasteiger partial charge in [0.05, 0.1) is 35.2 Å². The summed E-state index contributed by atoms with van der Waals surface area (Å²) in [5, 5.41) is 85.4. The van der Waals surface area contributed by atoms with E-state index in [0.717, 1.165) is 177 Å². The highest BCUT2D eigenvalue weighted by Crippen LogP contribution is 2.34. The summed E-state index contributed by atoms with van der Waals surface area (Å²) in [7, 11) is 0. The van der Waals surface area contributed by atoms with E-state index in [1.54, 1.807) is 48.5 Å². The number of nitrogens with zero attached hydrogens (tertiary/aromatic N) is 4. The summed E-state index contributed by atoms with van der Waals surface area (Å²) in [5.74, 6) is 3.92. The van der Waals surface area contributed by atoms with Gasteiger partial charge in [0.2, 0.25) is 0 Å². The molecule has 0 radical (unpaired) electrons. The lowest BCUT2D eigenvalue weighted by atomic mass is 10.0. The maximum absolute atomic E-state index is 7.53. The highest BCUT2D eigenvalue weighted by Gasteiger charge is 2.18. The highest BCUT2D eigenvalue weighted by atomic mass is 15.1. The van der Waals surface area contributed by atoms with E-state index in [4.69, 9.17) is 111 Å². The Morgan fingerprint density at radius 3 is 0.947 bits per heavy atom. The largest absolute Gasteiger partial charge is 0.384 e. The zero-order chi connectivity index (χ0) is 92.4. The normalized spacial score (nSPS) is 11.8. The molecule has 0 spiro atoms. The lowest BCUT2D eigenvalue weighted by Crippen LogP contribution is -2.19. The first-order valence-electron chi connectivity index (χ1n) is 41.2. The number of aryl methyl sites for hydroxylation is 1. The van der Waals surface area contributed by atoms with Gasteiger partial charge in [-0.25, -0.2) is 9.97 Å². The van der Waals surface area contributed by atoms with Gasteiger partial charge in [-0.1, -0.05) is 182 Å². The minimum atomic E-state index is 0.0267. The van der Waals surface area contributed by atoms with Crippen molar-refractivity contribution in [1.82, 2.24) is 50.5 Å². The van der Waals surface area contributed by atoms with Crippen LogP contribution in [0.2, 0.25) is 0 Å². The number of nitrogens with two attached hydrogens (primary N) is 10. The summed E-state index contributed by atoms with van der Waals surface area (Å²) in [4.78, 5) is 38.0. The molecule has 0 amide bonds. The fourth-order valence-electron chi connectivity index (χ4n) is 14.8. The van der Waals surface area contributed by atoms with Gasteiger partial charge in [-0.15, -0.1) is 0 Å². The summed E-state index contributed by atoms with van der Waals surface area (Å²) >= 11 is 0. The Bertz CT molecular complexity index is 7000. The first-order valence-corrected chi connectivity index (χ1v) is 41.2. The van der Waals surface area contributed by atoms with Crippen LogP contribution in [-0.4, -0.2) is 136 Å². The molecule has 0 saturated heterocycles. The number of aromatic amines is 6. The number of imidazole rings is 2. The monoisotopic (exact) mass is 1730 g/mol. The molecule has 0 saturated carbocycles. The molecular formula is C99H94N32. The third-order valence-corrected chi connectivity index (χ3v) is 22.0. The molecule has 38 N–H and O–H groups in total. The van der Waals surface area contributed by atoms with Gasteiger partial charge in [0.25, 0.3) is 0 Å². The summed E-state index contributed by atoms with van der Waals surface area (Å²) in [6.45, 7) is 5.63. The average molecular weight is 1730 g/mol. The summed E-state index contributed by atoms with van der Waals surface area (Å²) in [5.41, 5.74) is 82.5. The van der Waals surface area contributed by atoms with Crippen LogP contribution in [0.25, 0.3) is 133 Å². The Balaban J connectivity index is 0.000000121. The second-order valence-corrected chi connectivity index (χ2v) is 30.9. The van der Waals surface area contributed by atoms with Gasteiger partial charge in [0.15, 0.2) is 0 Å². The minimum absolute atomic E-state index is 0.0267. The summed E-state index contributed by atoms with van der Waals surface area (Å²) < 4.78 is 0. The van der Waals surface area contributed by atoms with E-state index in [0.29, 0.717) is 55.6 Å². The fourth-order valence-corrected chi connectivity index (χ4v) is 14.8. The quantitative estimate of drug-likeness (QED) is 0.0280. The van der Waals surface area contributed by atoms with Gasteiger partial charge < -0.3 is 97.9 Å². The van der Waals surface area contributed by atoms with Crippen molar-refractivity contribution in [3.05, 3.63) is 345 Å². The molecular weight excluding hydrogens is 1640 g/mol. The van der Waals surface area contributed by atoms with Crippen LogP contribution in [0.4, 0.5) is 0 Å². The number of hydrogen-bond acceptors (Lipinski definition) is 16. The molecule has 20 rings (SSSR count). The molecule has 8 heterocycles. The Morgan fingerprint density at radius 2 is 0.542 bits per heavy atom. The molecule has 2 aliphatic heterocycles. The van der Waals surface area contributed by atoms with E-state index >= 15 is 0 Å². The number of nitrogens with one attached hydrogen (secondary N) is 18. The number of H-pyrrole nitrogens is 6. The van der Waals surface area contributed by atoms with Crippen molar-refractivity contribution in [3.8, 4) is 67.8 Å². The van der Waals surface area contributed by atoms with Crippen LogP contribution in [-0.2, 0) is 0 Å². The molecule has 0 atom stereocenters. The van der Waals surface area contributed by atoms with Crippen molar-refractivity contribution in [2.75, 3.05) is 26.2 Å². The third-order valence-electron chi connectivity index (χ3n) is 22.0. The number of aromatic nitrogens is 8. The zero-order valence-corrected chi connectivity index (χ0v) is 70.9. The maximum Gasteiger partial charge on any atom is 0.138 e. The van der Waals surface area contributed by atoms with Gasteiger partial charge in [-0.2, -0.15) is 0 Å². The topological polar surface area (TPSA) is 668 Å². The number of aliphatic imine (C=N–C) groups is 2. The van der Waals surface area contributed by atoms with Crippen LogP contribution in [0, 0.1) is 61.0 Å². The van der Waals surface area contributed by atoms with Crippen molar-refractivity contribution in [3.63, 3.8) is 0 Å². The minimum Gasteiger partial charge on any atom is -0.384 e. The average Bonchev–Trinajstić information content (AvgIpc) is 1.68. The van der Waals surface area contributed by atoms with Crippen molar-refractivity contribution in [1.29, 1.82) is 54.1 Å². The van der Waals surface area contributed by atoms with Crippen molar-refractivity contribution >= 4 is 136 Å². The third kappa shape index (κ3) is 20.1. The molecule has 0 bridgehead atoms.